The first kappa shape index (κ1) is 14.6. The molecule has 0 rings (SSSR count). The Balaban J connectivity index is 3.79. The third-order valence-electron chi connectivity index (χ3n) is 1.92. The van der Waals surface area contributed by atoms with Gasteiger partial charge in [0.05, 0.1) is 12.6 Å². The summed E-state index contributed by atoms with van der Waals surface area (Å²) in [5, 5.41) is 13.9. The van der Waals surface area contributed by atoms with Gasteiger partial charge in [0.25, 0.3) is 0 Å². The molecule has 0 aromatic heterocycles. The van der Waals surface area contributed by atoms with Crippen molar-refractivity contribution in [3.05, 3.63) is 12.2 Å². The van der Waals surface area contributed by atoms with E-state index in [-0.39, 0.29) is 18.0 Å². The van der Waals surface area contributed by atoms with E-state index in [0.717, 1.165) is 0 Å². The van der Waals surface area contributed by atoms with Crippen LogP contribution in [-0.2, 0) is 14.3 Å². The van der Waals surface area contributed by atoms with E-state index in [9.17, 15) is 9.59 Å². The minimum absolute atomic E-state index is 0.0246. The summed E-state index contributed by atoms with van der Waals surface area (Å²) in [5.41, 5.74) is 0.0246. The first-order valence-corrected chi connectivity index (χ1v) is 4.90. The highest BCUT2D eigenvalue weighted by Gasteiger charge is 2.12. The molecule has 0 spiro atoms. The molecule has 0 aromatic carbocycles. The first-order chi connectivity index (χ1) is 7.49. The lowest BCUT2D eigenvalue weighted by Gasteiger charge is -2.13. The minimum Gasteiger partial charge on any atom is -0.478 e. The number of hydrogen-bond donors (Lipinski definition) is 3. The monoisotopic (exact) mass is 230 g/mol. The average Bonchev–Trinajstić information content (AvgIpc) is 2.25. The second-order valence-electron chi connectivity index (χ2n) is 3.30. The third-order valence-corrected chi connectivity index (χ3v) is 1.92. The molecule has 16 heavy (non-hydrogen) atoms. The number of carboxylic acids is 1. The molecule has 6 nitrogen and oxygen atoms in total. The number of carbonyl (C=O) groups excluding carboxylic acids is 1. The van der Waals surface area contributed by atoms with E-state index < -0.39 is 12.0 Å². The number of ether oxygens (including phenoxy) is 1. The van der Waals surface area contributed by atoms with Crippen LogP contribution in [0.5, 0.6) is 0 Å². The molecule has 92 valence electrons. The van der Waals surface area contributed by atoms with Gasteiger partial charge in [-0.1, -0.05) is 6.58 Å². The summed E-state index contributed by atoms with van der Waals surface area (Å²) < 4.78 is 4.77. The van der Waals surface area contributed by atoms with Crippen LogP contribution in [0.1, 0.15) is 6.92 Å². The third kappa shape index (κ3) is 6.15. The van der Waals surface area contributed by atoms with Crippen molar-refractivity contribution in [3.8, 4) is 0 Å². The van der Waals surface area contributed by atoms with E-state index in [0.29, 0.717) is 13.2 Å². The molecule has 0 aliphatic rings. The van der Waals surface area contributed by atoms with Crippen LogP contribution >= 0.6 is 0 Å². The second kappa shape index (κ2) is 7.84. The van der Waals surface area contributed by atoms with Crippen LogP contribution in [-0.4, -0.2) is 49.8 Å². The van der Waals surface area contributed by atoms with E-state index >= 15 is 0 Å². The van der Waals surface area contributed by atoms with E-state index in [4.69, 9.17) is 9.84 Å². The van der Waals surface area contributed by atoms with Gasteiger partial charge in [-0.05, 0) is 6.92 Å². The van der Waals surface area contributed by atoms with Crippen LogP contribution in [0.15, 0.2) is 12.2 Å². The molecule has 6 heteroatoms. The molecule has 0 fully saturated rings. The van der Waals surface area contributed by atoms with E-state index in [1.807, 2.05) is 0 Å². The van der Waals surface area contributed by atoms with Gasteiger partial charge in [-0.3, -0.25) is 4.79 Å². The summed E-state index contributed by atoms with van der Waals surface area (Å²) in [7, 11) is 1.55. The lowest BCUT2D eigenvalue weighted by molar-refractivity contribution is -0.132. The van der Waals surface area contributed by atoms with Crippen LogP contribution < -0.4 is 10.6 Å². The number of nitrogens with one attached hydrogen (secondary N) is 2. The molecule has 0 saturated heterocycles. The zero-order valence-corrected chi connectivity index (χ0v) is 9.58. The van der Waals surface area contributed by atoms with Gasteiger partial charge in [0.1, 0.15) is 0 Å². The zero-order chi connectivity index (χ0) is 12.6. The Morgan fingerprint density at radius 1 is 1.50 bits per heavy atom. The van der Waals surface area contributed by atoms with Crippen LogP contribution in [0.3, 0.4) is 0 Å². The largest absolute Gasteiger partial charge is 0.478 e. The molecule has 0 bridgehead atoms. The Kier molecular flexibility index (Phi) is 7.15. The molecule has 3 N–H and O–H groups in total. The number of carboxylic acid groups (broad SMARTS) is 1. The highest BCUT2D eigenvalue weighted by molar-refractivity contribution is 5.86. The summed E-state index contributed by atoms with van der Waals surface area (Å²) in [5.74, 6) is -1.27. The number of rotatable bonds is 8. The second-order valence-corrected chi connectivity index (χ2v) is 3.30. The van der Waals surface area contributed by atoms with Gasteiger partial charge in [0, 0.05) is 25.8 Å². The average molecular weight is 230 g/mol. The molecule has 1 amide bonds. The van der Waals surface area contributed by atoms with Crippen LogP contribution in [0.25, 0.3) is 0 Å². The van der Waals surface area contributed by atoms with E-state index in [1.165, 1.54) is 0 Å². The minimum atomic E-state index is -1.07. The number of carbonyl (C=O) groups is 2. The summed E-state index contributed by atoms with van der Waals surface area (Å²) in [6, 6.07) is -0.465. The number of aliphatic carboxylic acids is 1. The van der Waals surface area contributed by atoms with Gasteiger partial charge < -0.3 is 20.5 Å². The van der Waals surface area contributed by atoms with Crippen molar-refractivity contribution in [2.75, 3.05) is 26.8 Å². The van der Waals surface area contributed by atoms with Gasteiger partial charge in [0.15, 0.2) is 0 Å². The molecule has 0 radical (unpaired) electrons. The Hall–Kier alpha value is -1.40. The highest BCUT2D eigenvalue weighted by Crippen LogP contribution is 1.89. The lowest BCUT2D eigenvalue weighted by Crippen LogP contribution is -2.44. The lowest BCUT2D eigenvalue weighted by atomic mass is 10.2. The molecular weight excluding hydrogens is 212 g/mol. The summed E-state index contributed by atoms with van der Waals surface area (Å²) >= 11 is 0. The van der Waals surface area contributed by atoms with Crippen molar-refractivity contribution < 1.29 is 19.4 Å². The quantitative estimate of drug-likeness (QED) is 0.381. The molecule has 0 heterocycles. The Morgan fingerprint density at radius 2 is 2.12 bits per heavy atom. The Bertz CT molecular complexity index is 266. The normalized spacial score (nSPS) is 11.9. The molecule has 1 unspecified atom stereocenters. The van der Waals surface area contributed by atoms with Crippen molar-refractivity contribution in [2.45, 2.75) is 13.0 Å². The molecule has 1 atom stereocenters. The molecule has 0 aliphatic heterocycles. The maximum atomic E-state index is 11.4. The van der Waals surface area contributed by atoms with Crippen LogP contribution in [0.2, 0.25) is 0 Å². The van der Waals surface area contributed by atoms with E-state index in [1.54, 1.807) is 14.0 Å². The number of hydrogen-bond acceptors (Lipinski definition) is 4. The highest BCUT2D eigenvalue weighted by atomic mass is 16.5. The van der Waals surface area contributed by atoms with Crippen molar-refractivity contribution in [1.29, 1.82) is 0 Å². The first-order valence-electron chi connectivity index (χ1n) is 4.90. The van der Waals surface area contributed by atoms with Gasteiger partial charge in [-0.15, -0.1) is 0 Å². The summed E-state index contributed by atoms with van der Waals surface area (Å²) in [6.07, 6.45) is 0. The fourth-order valence-corrected chi connectivity index (χ4v) is 0.874. The molecule has 0 aliphatic carbocycles. The maximum Gasteiger partial charge on any atom is 0.332 e. The summed E-state index contributed by atoms with van der Waals surface area (Å²) in [4.78, 5) is 21.8. The van der Waals surface area contributed by atoms with Crippen LogP contribution in [0.4, 0.5) is 0 Å². The predicted molar refractivity (Wildman–Crippen MR) is 59.1 cm³/mol. The van der Waals surface area contributed by atoms with Gasteiger partial charge in [-0.25, -0.2) is 4.79 Å². The SMILES string of the molecule is C=C(CNC(C)C(=O)NCCOC)C(=O)O. The molecule has 0 aromatic rings. The Labute approximate surface area is 94.7 Å². The molecular formula is C10H18N2O4. The maximum absolute atomic E-state index is 11.4. The van der Waals surface area contributed by atoms with Gasteiger partial charge in [0.2, 0.25) is 5.91 Å². The summed E-state index contributed by atoms with van der Waals surface area (Å²) in [6.45, 7) is 5.95. The fourth-order valence-electron chi connectivity index (χ4n) is 0.874. The fraction of sp³-hybridized carbons (Fsp3) is 0.600. The smallest absolute Gasteiger partial charge is 0.332 e. The van der Waals surface area contributed by atoms with Gasteiger partial charge >= 0.3 is 5.97 Å². The number of methoxy groups -OCH3 is 1. The van der Waals surface area contributed by atoms with Crippen molar-refractivity contribution in [2.24, 2.45) is 0 Å². The van der Waals surface area contributed by atoms with Crippen molar-refractivity contribution >= 4 is 11.9 Å². The molecule has 0 saturated carbocycles. The Morgan fingerprint density at radius 3 is 2.62 bits per heavy atom. The zero-order valence-electron chi connectivity index (χ0n) is 9.58. The van der Waals surface area contributed by atoms with Gasteiger partial charge in [-0.2, -0.15) is 0 Å². The van der Waals surface area contributed by atoms with Crippen LogP contribution in [0, 0.1) is 0 Å². The topological polar surface area (TPSA) is 87.7 Å². The standard InChI is InChI=1S/C10H18N2O4/c1-7(10(14)15)6-12-8(2)9(13)11-4-5-16-3/h8,12H,1,4-6H2,2-3H3,(H,11,13)(H,14,15). The van der Waals surface area contributed by atoms with E-state index in [2.05, 4.69) is 17.2 Å². The number of amides is 1. The van der Waals surface area contributed by atoms with Crippen molar-refractivity contribution in [1.82, 2.24) is 10.6 Å². The predicted octanol–water partition coefficient (Wildman–Crippen LogP) is -0.632. The van der Waals surface area contributed by atoms with Crippen molar-refractivity contribution in [3.63, 3.8) is 0 Å².